The van der Waals surface area contributed by atoms with Gasteiger partial charge < -0.3 is 14.2 Å². The quantitative estimate of drug-likeness (QED) is 0.841. The van der Waals surface area contributed by atoms with Crippen LogP contribution in [-0.2, 0) is 14.2 Å². The summed E-state index contributed by atoms with van der Waals surface area (Å²) < 4.78 is 17.6. The summed E-state index contributed by atoms with van der Waals surface area (Å²) in [5, 5.41) is 2.16. The molecule has 1 saturated heterocycles. The van der Waals surface area contributed by atoms with Crippen molar-refractivity contribution >= 4 is 11.3 Å². The predicted molar refractivity (Wildman–Crippen MR) is 75.3 cm³/mol. The average Bonchev–Trinajstić information content (AvgIpc) is 3.05. The van der Waals surface area contributed by atoms with Crippen molar-refractivity contribution in [3.63, 3.8) is 0 Å². The van der Waals surface area contributed by atoms with Crippen molar-refractivity contribution in [2.45, 2.75) is 50.6 Å². The highest BCUT2D eigenvalue weighted by Crippen LogP contribution is 2.53. The molecule has 0 radical (unpaired) electrons. The second kappa shape index (κ2) is 5.52. The van der Waals surface area contributed by atoms with E-state index in [0.29, 0.717) is 18.4 Å². The molecule has 1 aliphatic carbocycles. The maximum absolute atomic E-state index is 6.13. The lowest BCUT2D eigenvalue weighted by Gasteiger charge is -2.41. The molecule has 2 heterocycles. The van der Waals surface area contributed by atoms with Crippen molar-refractivity contribution in [1.82, 2.24) is 0 Å². The van der Waals surface area contributed by atoms with Crippen molar-refractivity contribution in [3.8, 4) is 0 Å². The highest BCUT2D eigenvalue weighted by Gasteiger charge is 2.54. The second-order valence-electron chi connectivity index (χ2n) is 5.38. The first-order valence-electron chi connectivity index (χ1n) is 7.17. The van der Waals surface area contributed by atoms with Gasteiger partial charge in [0.05, 0.1) is 0 Å². The van der Waals surface area contributed by atoms with Crippen molar-refractivity contribution in [2.24, 2.45) is 5.92 Å². The van der Waals surface area contributed by atoms with Crippen molar-refractivity contribution in [2.75, 3.05) is 13.7 Å². The van der Waals surface area contributed by atoms with Crippen LogP contribution in [0.1, 0.15) is 43.4 Å². The van der Waals surface area contributed by atoms with Crippen LogP contribution in [0.25, 0.3) is 0 Å². The Balaban J connectivity index is 1.85. The van der Waals surface area contributed by atoms with E-state index in [4.69, 9.17) is 14.2 Å². The Hall–Kier alpha value is -0.420. The van der Waals surface area contributed by atoms with Crippen LogP contribution in [0.5, 0.6) is 0 Å². The maximum atomic E-state index is 6.13. The van der Waals surface area contributed by atoms with Gasteiger partial charge in [-0.1, -0.05) is 6.07 Å². The summed E-state index contributed by atoms with van der Waals surface area (Å²) in [5.74, 6) is 0.549. The molecular weight excluding hydrogens is 260 g/mol. The van der Waals surface area contributed by atoms with Crippen LogP contribution < -0.4 is 0 Å². The fraction of sp³-hybridized carbons (Fsp3) is 0.733. The van der Waals surface area contributed by atoms with E-state index in [2.05, 4.69) is 17.5 Å². The lowest BCUT2D eigenvalue weighted by molar-refractivity contribution is -0.281. The predicted octanol–water partition coefficient (Wildman–Crippen LogP) is 3.76. The van der Waals surface area contributed by atoms with Crippen molar-refractivity contribution in [3.05, 3.63) is 22.4 Å². The Bertz CT molecular complexity index is 406. The monoisotopic (exact) mass is 282 g/mol. The molecule has 1 aromatic rings. The lowest BCUT2D eigenvalue weighted by atomic mass is 9.74. The zero-order valence-electron chi connectivity index (χ0n) is 11.6. The first kappa shape index (κ1) is 13.6. The molecule has 2 aliphatic rings. The fourth-order valence-corrected chi connectivity index (χ4v) is 4.59. The number of hydrogen-bond donors (Lipinski definition) is 0. The van der Waals surface area contributed by atoms with Crippen LogP contribution in [0.15, 0.2) is 17.5 Å². The Labute approximate surface area is 118 Å². The standard InChI is InChI=1S/C15H22O3S/c1-3-17-14-10-12-11(13-7-5-9-19-13)6-4-8-15(12,16-2)18-14/h5,7,9,11-12,14H,3-4,6,8,10H2,1-2H3. The molecule has 2 fully saturated rings. The zero-order valence-corrected chi connectivity index (χ0v) is 12.4. The summed E-state index contributed by atoms with van der Waals surface area (Å²) in [6, 6.07) is 4.38. The van der Waals surface area contributed by atoms with Gasteiger partial charge in [-0.25, -0.2) is 0 Å². The molecule has 0 aromatic carbocycles. The number of ether oxygens (including phenoxy) is 3. The molecule has 106 valence electrons. The third kappa shape index (κ3) is 2.35. The first-order valence-corrected chi connectivity index (χ1v) is 8.05. The van der Waals surface area contributed by atoms with E-state index >= 15 is 0 Å². The molecule has 4 unspecified atom stereocenters. The largest absolute Gasteiger partial charge is 0.353 e. The van der Waals surface area contributed by atoms with Crippen LogP contribution in [0.2, 0.25) is 0 Å². The summed E-state index contributed by atoms with van der Waals surface area (Å²) in [4.78, 5) is 1.46. The van der Waals surface area contributed by atoms with Crippen LogP contribution in [0.3, 0.4) is 0 Å². The fourth-order valence-electron chi connectivity index (χ4n) is 3.66. The van der Waals surface area contributed by atoms with E-state index in [0.717, 1.165) is 19.3 Å². The Morgan fingerprint density at radius 3 is 3.11 bits per heavy atom. The average molecular weight is 282 g/mol. The molecule has 3 nitrogen and oxygen atoms in total. The third-order valence-electron chi connectivity index (χ3n) is 4.48. The van der Waals surface area contributed by atoms with E-state index in [1.807, 2.05) is 18.3 Å². The summed E-state index contributed by atoms with van der Waals surface area (Å²) in [5.41, 5.74) is 0. The van der Waals surface area contributed by atoms with Crippen molar-refractivity contribution < 1.29 is 14.2 Å². The number of fused-ring (bicyclic) bond motifs is 1. The SMILES string of the molecule is CCOC1CC2C(c3cccs3)CCCC2(OC)O1. The van der Waals surface area contributed by atoms with Gasteiger partial charge in [-0.15, -0.1) is 11.3 Å². The number of methoxy groups -OCH3 is 1. The molecule has 1 aliphatic heterocycles. The Morgan fingerprint density at radius 2 is 2.42 bits per heavy atom. The van der Waals surface area contributed by atoms with Gasteiger partial charge in [0, 0.05) is 43.3 Å². The van der Waals surface area contributed by atoms with E-state index < -0.39 is 5.79 Å². The Kier molecular flexibility index (Phi) is 3.94. The maximum Gasteiger partial charge on any atom is 0.174 e. The summed E-state index contributed by atoms with van der Waals surface area (Å²) in [6.07, 6.45) is 4.23. The highest BCUT2D eigenvalue weighted by molar-refractivity contribution is 7.10. The van der Waals surface area contributed by atoms with E-state index in [9.17, 15) is 0 Å². The number of thiophene rings is 1. The van der Waals surface area contributed by atoms with Crippen LogP contribution in [0, 0.1) is 5.92 Å². The summed E-state index contributed by atoms with van der Waals surface area (Å²) in [6.45, 7) is 2.71. The van der Waals surface area contributed by atoms with Crippen LogP contribution in [-0.4, -0.2) is 25.8 Å². The van der Waals surface area contributed by atoms with E-state index in [1.165, 1.54) is 11.3 Å². The molecule has 0 spiro atoms. The van der Waals surface area contributed by atoms with Crippen LogP contribution in [0.4, 0.5) is 0 Å². The first-order chi connectivity index (χ1) is 9.29. The topological polar surface area (TPSA) is 27.7 Å². The normalized spacial score (nSPS) is 38.3. The van der Waals surface area contributed by atoms with Gasteiger partial charge in [0.2, 0.25) is 0 Å². The number of rotatable bonds is 4. The van der Waals surface area contributed by atoms with Gasteiger partial charge in [-0.05, 0) is 31.2 Å². The molecule has 19 heavy (non-hydrogen) atoms. The molecule has 0 amide bonds. The van der Waals surface area contributed by atoms with Crippen LogP contribution >= 0.6 is 11.3 Å². The molecule has 1 saturated carbocycles. The van der Waals surface area contributed by atoms with Gasteiger partial charge in [0.25, 0.3) is 0 Å². The van der Waals surface area contributed by atoms with Crippen molar-refractivity contribution in [1.29, 1.82) is 0 Å². The minimum Gasteiger partial charge on any atom is -0.353 e. The molecule has 4 heteroatoms. The van der Waals surface area contributed by atoms with Gasteiger partial charge >= 0.3 is 0 Å². The van der Waals surface area contributed by atoms with E-state index in [-0.39, 0.29) is 6.29 Å². The summed E-state index contributed by atoms with van der Waals surface area (Å²) in [7, 11) is 1.78. The molecule has 0 N–H and O–H groups in total. The highest BCUT2D eigenvalue weighted by atomic mass is 32.1. The third-order valence-corrected chi connectivity index (χ3v) is 5.48. The molecule has 4 atom stereocenters. The minimum absolute atomic E-state index is 0.101. The molecular formula is C15H22O3S. The lowest BCUT2D eigenvalue weighted by Crippen LogP contribution is -2.43. The smallest absolute Gasteiger partial charge is 0.174 e. The number of hydrogen-bond acceptors (Lipinski definition) is 4. The summed E-state index contributed by atoms with van der Waals surface area (Å²) >= 11 is 1.85. The molecule has 1 aromatic heterocycles. The van der Waals surface area contributed by atoms with Gasteiger partial charge in [-0.3, -0.25) is 0 Å². The molecule has 0 bridgehead atoms. The van der Waals surface area contributed by atoms with Gasteiger partial charge in [0.15, 0.2) is 12.1 Å². The zero-order chi connectivity index (χ0) is 13.3. The molecule has 3 rings (SSSR count). The minimum atomic E-state index is -0.424. The van der Waals surface area contributed by atoms with Gasteiger partial charge in [0.1, 0.15) is 0 Å². The second-order valence-corrected chi connectivity index (χ2v) is 6.35. The van der Waals surface area contributed by atoms with E-state index in [1.54, 1.807) is 7.11 Å². The van der Waals surface area contributed by atoms with Gasteiger partial charge in [-0.2, -0.15) is 0 Å². The Morgan fingerprint density at radius 1 is 1.53 bits per heavy atom.